The van der Waals surface area contributed by atoms with Crippen LogP contribution in [-0.2, 0) is 0 Å². The first-order chi connectivity index (χ1) is 51.7. The van der Waals surface area contributed by atoms with Crippen molar-refractivity contribution in [3.63, 3.8) is 0 Å². The van der Waals surface area contributed by atoms with E-state index in [1.807, 2.05) is 36.8 Å². The lowest BCUT2D eigenvalue weighted by atomic mass is 9.30. The van der Waals surface area contributed by atoms with Crippen LogP contribution in [0, 0.1) is 0 Å². The van der Waals surface area contributed by atoms with Gasteiger partial charge in [0.1, 0.15) is 11.5 Å². The number of anilines is 15. The largest absolute Gasteiger partial charge is 0.458 e. The number of hydrogen-bond acceptors (Lipinski definition) is 9. The SMILES string of the molecule is c1ccc(-c2cccc(-c3ccccn3)c2N2c3cc4c(cc3B3c5ccccc5N(c5ccccc5)c5cc(N(c6ccccc6)c6ccccc6)cc2c53)B2c3ccccc3N(c3ccccc3-c3ccccn3)c3cc(N(c5ccccc5)c5ccccc5-c5ccccn5)cc(c32)O4)cc1. The van der Waals surface area contributed by atoms with E-state index in [2.05, 4.69) is 364 Å². The molecule has 0 fully saturated rings. The highest BCUT2D eigenvalue weighted by atomic mass is 16.5. The molecule has 486 valence electrons. The topological polar surface area (TPSA) is 64.1 Å². The lowest BCUT2D eigenvalue weighted by molar-refractivity contribution is 0.488. The highest BCUT2D eigenvalue weighted by Crippen LogP contribution is 2.55. The van der Waals surface area contributed by atoms with Gasteiger partial charge < -0.3 is 29.2 Å². The minimum Gasteiger partial charge on any atom is -0.458 e. The van der Waals surface area contributed by atoms with Crippen molar-refractivity contribution in [2.45, 2.75) is 0 Å². The molecule has 0 radical (unpaired) electrons. The van der Waals surface area contributed by atoms with Crippen molar-refractivity contribution < 1.29 is 4.74 Å². The van der Waals surface area contributed by atoms with Gasteiger partial charge in [0.15, 0.2) is 0 Å². The zero-order valence-electron chi connectivity index (χ0n) is 56.4. The first kappa shape index (κ1) is 60.2. The first-order valence-corrected chi connectivity index (χ1v) is 35.4. The van der Waals surface area contributed by atoms with E-state index >= 15 is 0 Å². The number of rotatable bonds is 13. The van der Waals surface area contributed by atoms with Crippen LogP contribution >= 0.6 is 0 Å². The Kier molecular flexibility index (Phi) is 14.6. The Morgan fingerprint density at radius 2 is 0.712 bits per heavy atom. The molecule has 13 aromatic carbocycles. The Hall–Kier alpha value is -13.8. The standard InChI is InChI=1S/C93H62B2N8O/c1-6-31-63(32-7-1)70-43-30-44-73(80-49-26-29-56-98-80)93(70)103-85-62-89-77(61-76(85)94-74-45-18-22-52-83(74)101(67-39-14-5-15-40-67)86-57-68(58-87(103)91(86)94)99(64-33-8-2-9-34-64)65-35-10-3-11-36-65)95-75-46-19-23-53-84(75)102(82-51-21-17-42-72(82)79-48-25-28-55-97-79)88-59-69(60-90(104-89)92(88)95)100(66-37-12-4-13-38-66)81-50-20-16-41-71(81)78-47-24-27-54-96-78/h1-62H. The van der Waals surface area contributed by atoms with Gasteiger partial charge in [0, 0.05) is 110 Å². The monoisotopic (exact) mass is 1330 g/mol. The van der Waals surface area contributed by atoms with Gasteiger partial charge in [-0.1, -0.05) is 218 Å². The maximum atomic E-state index is 8.08. The van der Waals surface area contributed by atoms with Crippen molar-refractivity contribution in [2.24, 2.45) is 0 Å². The van der Waals surface area contributed by atoms with Crippen molar-refractivity contribution in [3.8, 4) is 56.4 Å². The second-order valence-corrected chi connectivity index (χ2v) is 26.6. The van der Waals surface area contributed by atoms with Crippen LogP contribution < -0.4 is 62.0 Å². The van der Waals surface area contributed by atoms with E-state index in [9.17, 15) is 0 Å². The molecule has 4 aliphatic heterocycles. The predicted molar refractivity (Wildman–Crippen MR) is 431 cm³/mol. The Balaban J connectivity index is 0.909. The van der Waals surface area contributed by atoms with E-state index < -0.39 is 0 Å². The summed E-state index contributed by atoms with van der Waals surface area (Å²) in [6.45, 7) is -0.598. The van der Waals surface area contributed by atoms with Gasteiger partial charge in [0.05, 0.1) is 45.5 Å². The Bertz CT molecular complexity index is 5850. The molecule has 0 amide bonds. The van der Waals surface area contributed by atoms with Crippen molar-refractivity contribution >= 4 is 132 Å². The third kappa shape index (κ3) is 9.92. The Morgan fingerprint density at radius 3 is 1.33 bits per heavy atom. The maximum Gasteiger partial charge on any atom is 0.256 e. The third-order valence-electron chi connectivity index (χ3n) is 20.8. The summed E-state index contributed by atoms with van der Waals surface area (Å²) in [6, 6.07) is 129. The molecular formula is C93H62B2N8O. The quantitative estimate of drug-likeness (QED) is 0.105. The van der Waals surface area contributed by atoms with E-state index in [4.69, 9.17) is 19.7 Å². The van der Waals surface area contributed by atoms with E-state index in [1.54, 1.807) is 0 Å². The van der Waals surface area contributed by atoms with Crippen LogP contribution in [0.1, 0.15) is 0 Å². The van der Waals surface area contributed by atoms with Gasteiger partial charge in [-0.3, -0.25) is 15.0 Å². The van der Waals surface area contributed by atoms with Crippen LogP contribution in [0.3, 0.4) is 0 Å². The number of fused-ring (bicyclic) bond motifs is 8. The molecule has 0 bridgehead atoms. The van der Waals surface area contributed by atoms with Crippen LogP contribution in [0.25, 0.3) is 44.9 Å². The summed E-state index contributed by atoms with van der Waals surface area (Å²) in [5.74, 6) is 1.50. The molecular weight excluding hydrogens is 1270 g/mol. The predicted octanol–water partition coefficient (Wildman–Crippen LogP) is 20.0. The Labute approximate surface area is 604 Å². The molecule has 0 atom stereocenters. The minimum atomic E-state index is -0.314. The van der Waals surface area contributed by atoms with Gasteiger partial charge in [-0.05, 0) is 166 Å². The molecule has 16 aromatic rings. The number of pyridine rings is 3. The molecule has 104 heavy (non-hydrogen) atoms. The van der Waals surface area contributed by atoms with E-state index in [1.165, 1.54) is 10.9 Å². The molecule has 0 aliphatic carbocycles. The highest BCUT2D eigenvalue weighted by Gasteiger charge is 2.49. The summed E-state index contributed by atoms with van der Waals surface area (Å²) in [5.41, 5.74) is 29.7. The maximum absolute atomic E-state index is 8.08. The van der Waals surface area contributed by atoms with Crippen LogP contribution in [0.5, 0.6) is 11.5 Å². The summed E-state index contributed by atoms with van der Waals surface area (Å²) in [6.07, 6.45) is 5.66. The van der Waals surface area contributed by atoms with Crippen LogP contribution in [0.2, 0.25) is 0 Å². The van der Waals surface area contributed by atoms with Crippen molar-refractivity contribution in [3.05, 3.63) is 377 Å². The molecule has 0 N–H and O–H groups in total. The molecule has 4 aliphatic rings. The molecule has 0 spiro atoms. The molecule has 3 aromatic heterocycles. The van der Waals surface area contributed by atoms with Gasteiger partial charge in [0.25, 0.3) is 13.4 Å². The number of ether oxygens (including phenoxy) is 1. The summed E-state index contributed by atoms with van der Waals surface area (Å²) in [5, 5.41) is 0. The lowest BCUT2D eigenvalue weighted by Crippen LogP contribution is -2.64. The molecule has 0 saturated heterocycles. The smallest absolute Gasteiger partial charge is 0.256 e. The molecule has 9 nitrogen and oxygen atoms in total. The molecule has 20 rings (SSSR count). The second kappa shape index (κ2) is 25.1. The van der Waals surface area contributed by atoms with Crippen molar-refractivity contribution in [1.29, 1.82) is 0 Å². The van der Waals surface area contributed by atoms with Crippen LogP contribution in [0.15, 0.2) is 377 Å². The zero-order valence-corrected chi connectivity index (χ0v) is 56.4. The second-order valence-electron chi connectivity index (χ2n) is 26.6. The third-order valence-corrected chi connectivity index (χ3v) is 20.8. The average molecular weight is 1330 g/mol. The molecule has 7 heterocycles. The van der Waals surface area contributed by atoms with E-state index in [0.717, 1.165) is 164 Å². The van der Waals surface area contributed by atoms with Gasteiger partial charge >= 0.3 is 0 Å². The fourth-order valence-electron chi connectivity index (χ4n) is 16.5. The van der Waals surface area contributed by atoms with E-state index in [0.29, 0.717) is 0 Å². The average Bonchev–Trinajstić information content (AvgIpc) is 0.685. The van der Waals surface area contributed by atoms with Crippen molar-refractivity contribution in [1.82, 2.24) is 15.0 Å². The number of para-hydroxylation sites is 9. The van der Waals surface area contributed by atoms with Gasteiger partial charge in [-0.2, -0.15) is 0 Å². The van der Waals surface area contributed by atoms with Crippen LogP contribution in [0.4, 0.5) is 85.3 Å². The number of hydrogen-bond donors (Lipinski definition) is 0. The van der Waals surface area contributed by atoms with Crippen molar-refractivity contribution in [2.75, 3.05) is 24.5 Å². The summed E-state index contributed by atoms with van der Waals surface area (Å²) in [4.78, 5) is 27.5. The number of benzene rings is 13. The first-order valence-electron chi connectivity index (χ1n) is 35.4. The van der Waals surface area contributed by atoms with Gasteiger partial charge in [-0.25, -0.2) is 0 Å². The summed E-state index contributed by atoms with van der Waals surface area (Å²) in [7, 11) is 0. The normalized spacial score (nSPS) is 12.6. The molecule has 11 heteroatoms. The number of aromatic nitrogens is 3. The minimum absolute atomic E-state index is 0.284. The van der Waals surface area contributed by atoms with Crippen LogP contribution in [-0.4, -0.2) is 28.4 Å². The van der Waals surface area contributed by atoms with Gasteiger partial charge in [-0.15, -0.1) is 0 Å². The molecule has 0 saturated carbocycles. The van der Waals surface area contributed by atoms with E-state index in [-0.39, 0.29) is 13.4 Å². The Morgan fingerprint density at radius 1 is 0.260 bits per heavy atom. The molecule has 0 unspecified atom stereocenters. The summed E-state index contributed by atoms with van der Waals surface area (Å²) < 4.78 is 8.08. The summed E-state index contributed by atoms with van der Waals surface area (Å²) >= 11 is 0. The highest BCUT2D eigenvalue weighted by molar-refractivity contribution is 7.02. The fourth-order valence-corrected chi connectivity index (χ4v) is 16.5. The van der Waals surface area contributed by atoms with Gasteiger partial charge in [0.2, 0.25) is 0 Å². The number of nitrogens with zero attached hydrogens (tertiary/aromatic N) is 8. The lowest BCUT2D eigenvalue weighted by Gasteiger charge is -2.46. The zero-order chi connectivity index (χ0) is 68.6. The fraction of sp³-hybridized carbons (Fsp3) is 0.